The molecule has 3 aromatic rings. The maximum absolute atomic E-state index is 12.0. The Bertz CT molecular complexity index is 1120. The lowest BCUT2D eigenvalue weighted by molar-refractivity contribution is 0.0999. The number of nitrogens with two attached hydrogens (primary N) is 2. The van der Waals surface area contributed by atoms with Crippen molar-refractivity contribution in [3.8, 4) is 5.75 Å². The van der Waals surface area contributed by atoms with Gasteiger partial charge in [-0.3, -0.25) is 4.79 Å². The summed E-state index contributed by atoms with van der Waals surface area (Å²) in [6, 6.07) is 16.3. The number of carbonyl (C=O) groups excluding carboxylic acids is 1. The Balaban J connectivity index is 1.94. The lowest BCUT2D eigenvalue weighted by atomic mass is 10.0. The van der Waals surface area contributed by atoms with Crippen LogP contribution in [0.3, 0.4) is 0 Å². The van der Waals surface area contributed by atoms with Gasteiger partial charge >= 0.3 is 0 Å². The molecule has 0 saturated heterocycles. The van der Waals surface area contributed by atoms with Gasteiger partial charge in [-0.2, -0.15) is 0 Å². The molecule has 0 saturated carbocycles. The summed E-state index contributed by atoms with van der Waals surface area (Å²) >= 11 is 0. The van der Waals surface area contributed by atoms with Gasteiger partial charge in [0.1, 0.15) is 11.6 Å². The number of furan rings is 1. The topological polar surface area (TPSA) is 107 Å². The SMILES string of the molecule is COc1ccc(N2C(N)=c3ccoc3=NC2c2ccccc2C(N)=O)cc1. The predicted molar refractivity (Wildman–Crippen MR) is 100 cm³/mol. The standard InChI is InChI=1S/C20H18N4O3/c1-26-13-8-6-12(7-9-13)24-17(21)16-10-11-27-20(16)23-19(24)15-5-3-2-4-14(15)18(22)25/h2-11,19H,21H2,1H3,(H2,22,25). The van der Waals surface area contributed by atoms with Crippen molar-refractivity contribution < 1.29 is 13.9 Å². The Labute approximate surface area is 155 Å². The van der Waals surface area contributed by atoms with Gasteiger partial charge in [-0.1, -0.05) is 18.2 Å². The molecule has 4 N–H and O–H groups in total. The third kappa shape index (κ3) is 2.79. The second-order valence-corrected chi connectivity index (χ2v) is 6.05. The Hall–Kier alpha value is -3.74. The van der Waals surface area contributed by atoms with Crippen molar-refractivity contribution in [1.82, 2.24) is 0 Å². The minimum atomic E-state index is -0.597. The average Bonchev–Trinajstić information content (AvgIpc) is 3.17. The summed E-state index contributed by atoms with van der Waals surface area (Å²) in [6.07, 6.45) is 0.941. The molecule has 136 valence electrons. The number of nitrogens with zero attached hydrogens (tertiary/aromatic N) is 2. The van der Waals surface area contributed by atoms with E-state index in [2.05, 4.69) is 4.99 Å². The zero-order chi connectivity index (χ0) is 19.0. The lowest BCUT2D eigenvalue weighted by Crippen LogP contribution is -2.44. The largest absolute Gasteiger partial charge is 0.497 e. The van der Waals surface area contributed by atoms with E-state index in [1.54, 1.807) is 25.3 Å². The first kappa shape index (κ1) is 16.7. The minimum Gasteiger partial charge on any atom is -0.497 e. The summed E-state index contributed by atoms with van der Waals surface area (Å²) in [7, 11) is 1.61. The molecule has 1 unspecified atom stereocenters. The van der Waals surface area contributed by atoms with E-state index >= 15 is 0 Å². The molecule has 0 spiro atoms. The molecule has 0 radical (unpaired) electrons. The second-order valence-electron chi connectivity index (χ2n) is 6.05. The molecule has 1 amide bonds. The number of anilines is 1. The molecule has 7 heteroatoms. The first-order valence-corrected chi connectivity index (χ1v) is 8.33. The highest BCUT2D eigenvalue weighted by Gasteiger charge is 2.29. The number of hydrogen-bond acceptors (Lipinski definition) is 6. The van der Waals surface area contributed by atoms with Crippen LogP contribution in [0, 0.1) is 0 Å². The fourth-order valence-corrected chi connectivity index (χ4v) is 3.20. The van der Waals surface area contributed by atoms with Crippen LogP contribution in [0.4, 0.5) is 5.69 Å². The summed E-state index contributed by atoms with van der Waals surface area (Å²) in [5.74, 6) is 0.673. The highest BCUT2D eigenvalue weighted by atomic mass is 16.5. The Morgan fingerprint density at radius 2 is 1.89 bits per heavy atom. The summed E-state index contributed by atoms with van der Waals surface area (Å²) in [5, 5.41) is 0.693. The van der Waals surface area contributed by atoms with Crippen LogP contribution in [0.2, 0.25) is 0 Å². The van der Waals surface area contributed by atoms with Crippen molar-refractivity contribution in [1.29, 1.82) is 0 Å². The monoisotopic (exact) mass is 362 g/mol. The fourth-order valence-electron chi connectivity index (χ4n) is 3.20. The van der Waals surface area contributed by atoms with E-state index in [4.69, 9.17) is 20.6 Å². The average molecular weight is 362 g/mol. The van der Waals surface area contributed by atoms with Gasteiger partial charge in [-0.05, 0) is 36.4 Å². The van der Waals surface area contributed by atoms with Crippen LogP contribution >= 0.6 is 0 Å². The van der Waals surface area contributed by atoms with Crippen LogP contribution in [0.5, 0.6) is 5.75 Å². The number of carbonyl (C=O) groups is 1. The molecule has 0 fully saturated rings. The molecule has 1 aliphatic heterocycles. The molecule has 0 aliphatic carbocycles. The van der Waals surface area contributed by atoms with Gasteiger partial charge in [0.15, 0.2) is 6.17 Å². The number of rotatable bonds is 4. The predicted octanol–water partition coefficient (Wildman–Crippen LogP) is 1.25. The Kier molecular flexibility index (Phi) is 4.04. The quantitative estimate of drug-likeness (QED) is 0.726. The first-order valence-electron chi connectivity index (χ1n) is 8.33. The molecular weight excluding hydrogens is 344 g/mol. The van der Waals surface area contributed by atoms with Crippen molar-refractivity contribution >= 4 is 17.4 Å². The number of fused-ring (bicyclic) bond motifs is 1. The number of amides is 1. The van der Waals surface area contributed by atoms with E-state index in [-0.39, 0.29) is 0 Å². The molecule has 1 aliphatic rings. The van der Waals surface area contributed by atoms with E-state index in [0.29, 0.717) is 27.7 Å². The van der Waals surface area contributed by atoms with Gasteiger partial charge in [0.2, 0.25) is 11.5 Å². The number of hydrogen-bond donors (Lipinski definition) is 2. The summed E-state index contributed by atoms with van der Waals surface area (Å²) < 4.78 is 10.7. The van der Waals surface area contributed by atoms with Crippen molar-refractivity contribution in [2.45, 2.75) is 6.17 Å². The van der Waals surface area contributed by atoms with Gasteiger partial charge in [0, 0.05) is 16.8 Å². The highest BCUT2D eigenvalue weighted by Crippen LogP contribution is 2.34. The van der Waals surface area contributed by atoms with E-state index < -0.39 is 12.1 Å². The van der Waals surface area contributed by atoms with Gasteiger partial charge in [0.05, 0.1) is 18.6 Å². The van der Waals surface area contributed by atoms with Crippen molar-refractivity contribution in [3.63, 3.8) is 0 Å². The molecule has 1 aromatic heterocycles. The van der Waals surface area contributed by atoms with Crippen molar-refractivity contribution in [2.75, 3.05) is 12.0 Å². The van der Waals surface area contributed by atoms with Gasteiger partial charge in [-0.25, -0.2) is 4.99 Å². The molecule has 2 heterocycles. The van der Waals surface area contributed by atoms with E-state index in [1.165, 1.54) is 6.26 Å². The van der Waals surface area contributed by atoms with Crippen LogP contribution in [-0.4, -0.2) is 13.0 Å². The molecule has 1 atom stereocenters. The van der Waals surface area contributed by atoms with E-state index in [9.17, 15) is 4.79 Å². The van der Waals surface area contributed by atoms with Crippen LogP contribution in [0.15, 0.2) is 70.3 Å². The second kappa shape index (κ2) is 6.53. The van der Waals surface area contributed by atoms with Crippen molar-refractivity contribution in [2.24, 2.45) is 16.5 Å². The van der Waals surface area contributed by atoms with Crippen molar-refractivity contribution in [3.05, 3.63) is 82.8 Å². The third-order valence-electron chi connectivity index (χ3n) is 4.52. The third-order valence-corrected chi connectivity index (χ3v) is 4.52. The summed E-state index contributed by atoms with van der Waals surface area (Å²) in [6.45, 7) is 0. The molecule has 7 nitrogen and oxygen atoms in total. The zero-order valence-electron chi connectivity index (χ0n) is 14.6. The van der Waals surface area contributed by atoms with Crippen LogP contribution < -0.4 is 31.9 Å². The summed E-state index contributed by atoms with van der Waals surface area (Å²) in [5.41, 5.74) is 14.3. The minimum absolute atomic E-state index is 0.382. The van der Waals surface area contributed by atoms with Gasteiger partial charge in [0.25, 0.3) is 0 Å². The van der Waals surface area contributed by atoms with Crippen LogP contribution in [0.25, 0.3) is 5.82 Å². The number of methoxy groups -OCH3 is 1. The normalized spacial score (nSPS) is 15.8. The number of ether oxygens (including phenoxy) is 1. The highest BCUT2D eigenvalue weighted by molar-refractivity contribution is 5.94. The van der Waals surface area contributed by atoms with E-state index in [1.807, 2.05) is 41.3 Å². The van der Waals surface area contributed by atoms with Crippen LogP contribution in [-0.2, 0) is 0 Å². The maximum atomic E-state index is 12.0. The molecule has 2 aromatic carbocycles. The molecule has 4 rings (SSSR count). The molecule has 27 heavy (non-hydrogen) atoms. The van der Waals surface area contributed by atoms with Crippen LogP contribution in [0.1, 0.15) is 22.1 Å². The maximum Gasteiger partial charge on any atom is 0.249 e. The van der Waals surface area contributed by atoms with E-state index in [0.717, 1.165) is 11.4 Å². The Morgan fingerprint density at radius 3 is 2.59 bits per heavy atom. The molecule has 0 bridgehead atoms. The molecular formula is C20H18N4O3. The van der Waals surface area contributed by atoms with Gasteiger partial charge in [-0.15, -0.1) is 0 Å². The smallest absolute Gasteiger partial charge is 0.249 e. The number of benzene rings is 2. The lowest BCUT2D eigenvalue weighted by Gasteiger charge is -2.33. The zero-order valence-corrected chi connectivity index (χ0v) is 14.6. The Morgan fingerprint density at radius 1 is 1.15 bits per heavy atom. The summed E-state index contributed by atoms with van der Waals surface area (Å²) in [4.78, 5) is 18.5. The number of primary amides is 1. The first-order chi connectivity index (χ1) is 13.1. The van der Waals surface area contributed by atoms with Gasteiger partial charge < -0.3 is 25.5 Å². The fraction of sp³-hybridized carbons (Fsp3) is 0.100.